The van der Waals surface area contributed by atoms with Gasteiger partial charge < -0.3 is 9.80 Å². The Morgan fingerprint density at radius 1 is 1.18 bits per heavy atom. The predicted molar refractivity (Wildman–Crippen MR) is 88.4 cm³/mol. The van der Waals surface area contributed by atoms with Crippen LogP contribution in [0, 0.1) is 13.8 Å². The van der Waals surface area contributed by atoms with Crippen molar-refractivity contribution < 1.29 is 42.0 Å². The summed E-state index contributed by atoms with van der Waals surface area (Å²) in [4.78, 5) is 12.8. The predicted octanol–water partition coefficient (Wildman–Crippen LogP) is 3.65. The van der Waals surface area contributed by atoms with Gasteiger partial charge in [-0.15, -0.1) is 0 Å². The van der Waals surface area contributed by atoms with Crippen molar-refractivity contribution in [2.75, 3.05) is 25.0 Å². The minimum absolute atomic E-state index is 0. The average Bonchev–Trinajstić information content (AvgIpc) is 2.50. The van der Waals surface area contributed by atoms with Crippen molar-refractivity contribution in [3.05, 3.63) is 29.3 Å². The second kappa shape index (κ2) is 8.56. The van der Waals surface area contributed by atoms with Crippen LogP contribution in [0.15, 0.2) is 18.2 Å². The fourth-order valence-corrected chi connectivity index (χ4v) is 3.61. The SMILES string of the molecule is CC[N+]1(C(C)C(=O)Nc2c(C)cccc2C)CCCCC1.[Y]. The molecule has 0 bridgehead atoms. The molecule has 0 saturated carbocycles. The van der Waals surface area contributed by atoms with Gasteiger partial charge in [0.05, 0.1) is 19.6 Å². The number of anilines is 1. The number of para-hydroxylation sites is 1. The number of likely N-dealkylation sites (tertiary alicyclic amines) is 1. The molecule has 1 N–H and O–H groups in total. The third kappa shape index (κ3) is 4.18. The van der Waals surface area contributed by atoms with Crippen LogP contribution in [-0.4, -0.2) is 36.1 Å². The van der Waals surface area contributed by atoms with E-state index in [1.807, 2.05) is 6.07 Å². The summed E-state index contributed by atoms with van der Waals surface area (Å²) in [6, 6.07) is 6.17. The molecule has 3 nitrogen and oxygen atoms in total. The molecule has 1 heterocycles. The van der Waals surface area contributed by atoms with Crippen LogP contribution in [0.3, 0.4) is 0 Å². The molecular weight excluding hydrogens is 349 g/mol. The van der Waals surface area contributed by atoms with Gasteiger partial charge in [-0.1, -0.05) is 18.2 Å². The first-order valence-corrected chi connectivity index (χ1v) is 8.23. The van der Waals surface area contributed by atoms with Crippen LogP contribution < -0.4 is 5.32 Å². The number of amides is 1. The van der Waals surface area contributed by atoms with E-state index in [0.29, 0.717) is 0 Å². The number of benzene rings is 1. The zero-order valence-corrected chi connectivity index (χ0v) is 17.3. The first-order chi connectivity index (χ1) is 10.00. The van der Waals surface area contributed by atoms with Crippen molar-refractivity contribution in [2.24, 2.45) is 0 Å². The smallest absolute Gasteiger partial charge is 0.282 e. The third-order valence-corrected chi connectivity index (χ3v) is 5.27. The van der Waals surface area contributed by atoms with Crippen LogP contribution in [0.5, 0.6) is 0 Å². The molecule has 1 radical (unpaired) electrons. The van der Waals surface area contributed by atoms with Gasteiger partial charge in [0.15, 0.2) is 6.04 Å². The van der Waals surface area contributed by atoms with Crippen molar-refractivity contribution in [1.29, 1.82) is 0 Å². The number of carbonyl (C=O) groups is 1. The van der Waals surface area contributed by atoms with Crippen LogP contribution in [0.1, 0.15) is 44.2 Å². The van der Waals surface area contributed by atoms with E-state index in [4.69, 9.17) is 0 Å². The standard InChI is InChI=1S/C18H28N2O.Y/c1-5-20(12-7-6-8-13-20)16(4)18(21)19-17-14(2)10-9-11-15(17)3;/h9-11,16H,5-8,12-13H2,1-4H3;/p+1. The van der Waals surface area contributed by atoms with Crippen molar-refractivity contribution >= 4 is 11.6 Å². The van der Waals surface area contributed by atoms with Crippen LogP contribution in [0.4, 0.5) is 5.69 Å². The molecule has 119 valence electrons. The van der Waals surface area contributed by atoms with E-state index in [0.717, 1.165) is 40.9 Å². The molecule has 1 aliphatic heterocycles. The summed E-state index contributed by atoms with van der Waals surface area (Å²) in [5, 5.41) is 3.18. The first-order valence-electron chi connectivity index (χ1n) is 8.23. The number of hydrogen-bond donors (Lipinski definition) is 1. The topological polar surface area (TPSA) is 29.1 Å². The Kier molecular flexibility index (Phi) is 7.71. The van der Waals surface area contributed by atoms with Gasteiger partial charge in [0, 0.05) is 38.4 Å². The largest absolute Gasteiger partial charge is 0.320 e. The van der Waals surface area contributed by atoms with Crippen LogP contribution in [-0.2, 0) is 37.5 Å². The second-order valence-corrected chi connectivity index (χ2v) is 6.47. The van der Waals surface area contributed by atoms with E-state index in [2.05, 4.69) is 45.1 Å². The van der Waals surface area contributed by atoms with Crippen LogP contribution in [0.2, 0.25) is 0 Å². The van der Waals surface area contributed by atoms with Gasteiger partial charge in [-0.3, -0.25) is 4.79 Å². The van der Waals surface area contributed by atoms with Crippen LogP contribution in [0.25, 0.3) is 0 Å². The minimum Gasteiger partial charge on any atom is -0.320 e. The third-order valence-electron chi connectivity index (χ3n) is 5.27. The van der Waals surface area contributed by atoms with Crippen LogP contribution >= 0.6 is 0 Å². The average molecular weight is 378 g/mol. The van der Waals surface area contributed by atoms with E-state index < -0.39 is 0 Å². The summed E-state index contributed by atoms with van der Waals surface area (Å²) >= 11 is 0. The van der Waals surface area contributed by atoms with Gasteiger partial charge in [-0.2, -0.15) is 0 Å². The van der Waals surface area contributed by atoms with Crippen molar-refractivity contribution in [3.63, 3.8) is 0 Å². The monoisotopic (exact) mass is 378 g/mol. The van der Waals surface area contributed by atoms with E-state index in [1.54, 1.807) is 0 Å². The van der Waals surface area contributed by atoms with Gasteiger partial charge in [-0.25, -0.2) is 0 Å². The van der Waals surface area contributed by atoms with Gasteiger partial charge in [0.25, 0.3) is 5.91 Å². The summed E-state index contributed by atoms with van der Waals surface area (Å²) in [6.07, 6.45) is 3.80. The molecule has 0 spiro atoms. The summed E-state index contributed by atoms with van der Waals surface area (Å²) < 4.78 is 0.941. The van der Waals surface area contributed by atoms with Gasteiger partial charge in [0.2, 0.25) is 0 Å². The molecule has 0 aliphatic carbocycles. The van der Waals surface area contributed by atoms with Crippen molar-refractivity contribution in [2.45, 2.75) is 53.0 Å². The number of hydrogen-bond acceptors (Lipinski definition) is 1. The maximum atomic E-state index is 12.8. The fourth-order valence-electron chi connectivity index (χ4n) is 3.61. The number of carbonyl (C=O) groups excluding carboxylic acids is 1. The normalized spacial score (nSPS) is 18.2. The van der Waals surface area contributed by atoms with E-state index >= 15 is 0 Å². The van der Waals surface area contributed by atoms with Gasteiger partial charge in [-0.05, 0) is 58.1 Å². The number of rotatable bonds is 4. The van der Waals surface area contributed by atoms with Crippen molar-refractivity contribution in [3.8, 4) is 0 Å². The Hall–Kier alpha value is -0.246. The summed E-state index contributed by atoms with van der Waals surface area (Å²) in [5.41, 5.74) is 3.26. The molecule has 1 amide bonds. The summed E-state index contributed by atoms with van der Waals surface area (Å²) in [7, 11) is 0. The van der Waals surface area contributed by atoms with E-state index in [-0.39, 0.29) is 44.7 Å². The van der Waals surface area contributed by atoms with Gasteiger partial charge in [0.1, 0.15) is 0 Å². The zero-order chi connectivity index (χ0) is 15.5. The minimum atomic E-state index is 0. The molecule has 4 heteroatoms. The van der Waals surface area contributed by atoms with Gasteiger partial charge >= 0.3 is 0 Å². The summed E-state index contributed by atoms with van der Waals surface area (Å²) in [6.45, 7) is 11.7. The molecule has 2 rings (SSSR count). The molecule has 1 aromatic carbocycles. The molecular formula is C18H29N2OY+. The number of nitrogens with zero attached hydrogens (tertiary/aromatic N) is 1. The molecule has 1 aromatic rings. The Bertz CT molecular complexity index is 490. The first kappa shape index (κ1) is 19.8. The Morgan fingerprint density at radius 2 is 1.73 bits per heavy atom. The molecule has 1 saturated heterocycles. The number of aryl methyl sites for hydroxylation is 2. The summed E-state index contributed by atoms with van der Waals surface area (Å²) in [5.74, 6) is 0.163. The number of nitrogens with one attached hydrogen (secondary N) is 1. The second-order valence-electron chi connectivity index (χ2n) is 6.47. The number of likely N-dealkylation sites (N-methyl/N-ethyl adjacent to an activating group) is 1. The maximum Gasteiger partial charge on any atom is 0.282 e. The van der Waals surface area contributed by atoms with E-state index in [1.165, 1.54) is 19.3 Å². The fraction of sp³-hybridized carbons (Fsp3) is 0.611. The zero-order valence-electron chi connectivity index (χ0n) is 14.5. The Morgan fingerprint density at radius 3 is 2.23 bits per heavy atom. The van der Waals surface area contributed by atoms with E-state index in [9.17, 15) is 4.79 Å². The quantitative estimate of drug-likeness (QED) is 0.797. The van der Waals surface area contributed by atoms with Crippen molar-refractivity contribution in [1.82, 2.24) is 0 Å². The Balaban J connectivity index is 0.00000242. The maximum absolute atomic E-state index is 12.8. The molecule has 1 unspecified atom stereocenters. The molecule has 22 heavy (non-hydrogen) atoms. The molecule has 1 atom stereocenters. The number of piperidine rings is 1. The molecule has 0 aromatic heterocycles. The molecule has 1 fully saturated rings. The molecule has 1 aliphatic rings. The number of quaternary nitrogens is 1. The Labute approximate surface area is 160 Å².